The van der Waals surface area contributed by atoms with E-state index in [-0.39, 0.29) is 34.4 Å². The third kappa shape index (κ3) is 6.81. The summed E-state index contributed by atoms with van der Waals surface area (Å²) in [5.41, 5.74) is 7.52. The first-order valence-corrected chi connectivity index (χ1v) is 13.7. The van der Waals surface area contributed by atoms with Gasteiger partial charge in [-0.1, -0.05) is 18.2 Å². The molecule has 10 nitrogen and oxygen atoms in total. The van der Waals surface area contributed by atoms with Crippen molar-refractivity contribution in [1.29, 1.82) is 0 Å². The number of anilines is 3. The lowest BCUT2D eigenvalue weighted by Gasteiger charge is -2.23. The Balaban J connectivity index is 1.93. The van der Waals surface area contributed by atoms with Gasteiger partial charge in [-0.3, -0.25) is 10.2 Å². The topological polar surface area (TPSA) is 123 Å². The lowest BCUT2D eigenvalue weighted by Crippen LogP contribution is -2.36. The number of ether oxygens (including phenoxy) is 2. The third-order valence-electron chi connectivity index (χ3n) is 6.07. The van der Waals surface area contributed by atoms with Gasteiger partial charge < -0.3 is 20.1 Å². The van der Waals surface area contributed by atoms with E-state index < -0.39 is 30.2 Å². The van der Waals surface area contributed by atoms with Crippen molar-refractivity contribution in [2.45, 2.75) is 20.0 Å². The molecule has 3 N–H and O–H groups in total. The lowest BCUT2D eigenvalue weighted by molar-refractivity contribution is 0.0526. The summed E-state index contributed by atoms with van der Waals surface area (Å²) in [4.78, 5) is 31.0. The van der Waals surface area contributed by atoms with E-state index in [0.717, 1.165) is 33.9 Å². The number of carbonyl (C=O) groups is 2. The lowest BCUT2D eigenvalue weighted by atomic mass is 10.0. The third-order valence-corrected chi connectivity index (χ3v) is 7.37. The molecule has 0 atom stereocenters. The fraction of sp³-hybridized carbons (Fsp3) is 0.241. The monoisotopic (exact) mass is 596 g/mol. The molecule has 2 amide bonds. The van der Waals surface area contributed by atoms with Gasteiger partial charge in [0, 0.05) is 34.3 Å². The Morgan fingerprint density at radius 3 is 2.24 bits per heavy atom. The molecule has 0 radical (unpaired) electrons. The van der Waals surface area contributed by atoms with Crippen LogP contribution >= 0.6 is 11.3 Å². The normalized spacial score (nSPS) is 10.9. The van der Waals surface area contributed by atoms with Crippen molar-refractivity contribution in [2.24, 2.45) is 0 Å². The number of thiophene rings is 1. The molecule has 0 unspecified atom stereocenters. The largest absolute Gasteiger partial charge is 0.480 e. The Hall–Kier alpha value is -4.62. The van der Waals surface area contributed by atoms with Crippen LogP contribution in [0.15, 0.2) is 54.6 Å². The van der Waals surface area contributed by atoms with Gasteiger partial charge >= 0.3 is 12.0 Å². The molecule has 0 bridgehead atoms. The summed E-state index contributed by atoms with van der Waals surface area (Å²) < 4.78 is 40.2. The minimum absolute atomic E-state index is 0.0568. The number of nitrogens with two attached hydrogens (primary N) is 1. The number of aromatic nitrogens is 2. The quantitative estimate of drug-likeness (QED) is 0.180. The number of hydrogen-bond acceptors (Lipinski definition) is 9. The van der Waals surface area contributed by atoms with Crippen LogP contribution in [0.25, 0.3) is 10.4 Å². The standard InChI is InChI=1S/C29H30F2N6O4S/c1-5-41-28(38)25-20(15-36(2)3)26(17-9-11-18(32)12-10-17)42-27(25)37(16-19-21(30)7-6-8-22(19)31)29(39)33-23-13-14-24(40-4)35-34-23/h6-14H,5,15-16,32H2,1-4H3,(H,33,34,39). The first kappa shape index (κ1) is 30.3. The fourth-order valence-electron chi connectivity index (χ4n) is 4.14. The average Bonchev–Trinajstić information content (AvgIpc) is 3.31. The van der Waals surface area contributed by atoms with Crippen molar-refractivity contribution in [3.8, 4) is 16.3 Å². The van der Waals surface area contributed by atoms with E-state index >= 15 is 0 Å². The number of nitrogen functional groups attached to an aromatic ring is 1. The van der Waals surface area contributed by atoms with Crippen molar-refractivity contribution in [3.63, 3.8) is 0 Å². The molecule has 13 heteroatoms. The highest BCUT2D eigenvalue weighted by atomic mass is 32.1. The van der Waals surface area contributed by atoms with E-state index in [1.165, 1.54) is 25.3 Å². The second-order valence-electron chi connectivity index (χ2n) is 9.35. The van der Waals surface area contributed by atoms with Crippen molar-refractivity contribution in [3.05, 3.63) is 82.9 Å². The molecule has 42 heavy (non-hydrogen) atoms. The number of hydrogen-bond donors (Lipinski definition) is 2. The number of carbonyl (C=O) groups excluding carboxylic acids is 2. The van der Waals surface area contributed by atoms with E-state index in [1.807, 2.05) is 19.0 Å². The van der Waals surface area contributed by atoms with E-state index in [2.05, 4.69) is 15.5 Å². The molecular weight excluding hydrogens is 566 g/mol. The van der Waals surface area contributed by atoms with Crippen molar-refractivity contribution in [2.75, 3.05) is 43.8 Å². The first-order valence-electron chi connectivity index (χ1n) is 12.8. The van der Waals surface area contributed by atoms with Gasteiger partial charge in [0.05, 0.1) is 25.8 Å². The second kappa shape index (κ2) is 13.4. The molecule has 2 heterocycles. The Bertz CT molecular complexity index is 1540. The molecule has 0 spiro atoms. The number of amides is 2. The summed E-state index contributed by atoms with van der Waals surface area (Å²) in [6.07, 6.45) is 0. The maximum absolute atomic E-state index is 14.9. The molecule has 2 aromatic carbocycles. The molecule has 0 fully saturated rings. The Kier molecular flexibility index (Phi) is 9.65. The van der Waals surface area contributed by atoms with Gasteiger partial charge in [-0.25, -0.2) is 18.4 Å². The Morgan fingerprint density at radius 2 is 1.67 bits per heavy atom. The number of nitrogens with one attached hydrogen (secondary N) is 1. The number of esters is 1. The Labute approximate surface area is 245 Å². The van der Waals surface area contributed by atoms with Gasteiger partial charge in [-0.05, 0) is 56.9 Å². The number of nitrogens with zero attached hydrogens (tertiary/aromatic N) is 4. The maximum atomic E-state index is 14.9. The van der Waals surface area contributed by atoms with E-state index in [0.29, 0.717) is 22.7 Å². The van der Waals surface area contributed by atoms with Gasteiger partial charge in [0.2, 0.25) is 5.88 Å². The smallest absolute Gasteiger partial charge is 0.341 e. The van der Waals surface area contributed by atoms with Crippen molar-refractivity contribution in [1.82, 2.24) is 15.1 Å². The van der Waals surface area contributed by atoms with Crippen LogP contribution in [-0.2, 0) is 17.8 Å². The molecule has 4 aromatic rings. The van der Waals surface area contributed by atoms with Crippen LogP contribution in [-0.4, -0.2) is 54.9 Å². The molecule has 0 saturated carbocycles. The molecule has 0 saturated heterocycles. The number of urea groups is 1. The van der Waals surface area contributed by atoms with Gasteiger partial charge in [-0.2, -0.15) is 0 Å². The molecule has 2 aromatic heterocycles. The highest BCUT2D eigenvalue weighted by Crippen LogP contribution is 2.44. The van der Waals surface area contributed by atoms with Crippen molar-refractivity contribution < 1.29 is 27.8 Å². The summed E-state index contributed by atoms with van der Waals surface area (Å²) in [6, 6.07) is 12.6. The minimum Gasteiger partial charge on any atom is -0.480 e. The molecule has 220 valence electrons. The van der Waals surface area contributed by atoms with Gasteiger partial charge in [-0.15, -0.1) is 21.5 Å². The maximum Gasteiger partial charge on any atom is 0.341 e. The van der Waals surface area contributed by atoms with Crippen LogP contribution in [0, 0.1) is 11.6 Å². The van der Waals surface area contributed by atoms with Gasteiger partial charge in [0.15, 0.2) is 5.82 Å². The summed E-state index contributed by atoms with van der Waals surface area (Å²) >= 11 is 1.12. The number of benzene rings is 2. The number of halogens is 2. The zero-order valence-electron chi connectivity index (χ0n) is 23.5. The number of rotatable bonds is 10. The predicted octanol–water partition coefficient (Wildman–Crippen LogP) is 5.55. The molecule has 0 aliphatic heterocycles. The SMILES string of the molecule is CCOC(=O)c1c(N(Cc2c(F)cccc2F)C(=O)Nc2ccc(OC)nn2)sc(-c2ccc(N)cc2)c1CN(C)C. The highest BCUT2D eigenvalue weighted by molar-refractivity contribution is 7.20. The zero-order valence-corrected chi connectivity index (χ0v) is 24.3. The molecule has 0 aliphatic rings. The predicted molar refractivity (Wildman–Crippen MR) is 158 cm³/mol. The molecule has 4 rings (SSSR count). The number of methoxy groups -OCH3 is 1. The van der Waals surface area contributed by atoms with Crippen LogP contribution in [0.1, 0.15) is 28.4 Å². The van der Waals surface area contributed by atoms with Crippen LogP contribution in [0.2, 0.25) is 0 Å². The highest BCUT2D eigenvalue weighted by Gasteiger charge is 2.33. The van der Waals surface area contributed by atoms with Crippen LogP contribution < -0.4 is 20.7 Å². The van der Waals surface area contributed by atoms with Crippen LogP contribution in [0.4, 0.5) is 30.1 Å². The van der Waals surface area contributed by atoms with E-state index in [9.17, 15) is 18.4 Å². The van der Waals surface area contributed by atoms with Crippen molar-refractivity contribution >= 4 is 39.8 Å². The average molecular weight is 597 g/mol. The molecular formula is C29H30F2N6O4S. The Morgan fingerprint density at radius 1 is 0.976 bits per heavy atom. The minimum atomic E-state index is -0.849. The first-order chi connectivity index (χ1) is 20.1. The summed E-state index contributed by atoms with van der Waals surface area (Å²) in [5.74, 6) is -2.10. The fourth-order valence-corrected chi connectivity index (χ4v) is 5.44. The van der Waals surface area contributed by atoms with E-state index in [1.54, 1.807) is 31.2 Å². The summed E-state index contributed by atoms with van der Waals surface area (Å²) in [6.45, 7) is 1.50. The van der Waals surface area contributed by atoms with E-state index in [4.69, 9.17) is 15.2 Å². The summed E-state index contributed by atoms with van der Waals surface area (Å²) in [5, 5.41) is 10.5. The van der Waals surface area contributed by atoms with Crippen LogP contribution in [0.5, 0.6) is 5.88 Å². The van der Waals surface area contributed by atoms with Gasteiger partial charge in [0.25, 0.3) is 0 Å². The summed E-state index contributed by atoms with van der Waals surface area (Å²) in [7, 11) is 5.09. The molecule has 0 aliphatic carbocycles. The zero-order chi connectivity index (χ0) is 30.4. The van der Waals surface area contributed by atoms with Crippen LogP contribution in [0.3, 0.4) is 0 Å². The van der Waals surface area contributed by atoms with Gasteiger partial charge in [0.1, 0.15) is 16.6 Å². The second-order valence-corrected chi connectivity index (χ2v) is 10.3.